The summed E-state index contributed by atoms with van der Waals surface area (Å²) >= 11 is 8.97. The van der Waals surface area contributed by atoms with Crippen LogP contribution >= 0.6 is 27.5 Å². The molecule has 0 bridgehead atoms. The van der Waals surface area contributed by atoms with Crippen molar-refractivity contribution in [2.75, 3.05) is 4.90 Å². The zero-order valence-corrected chi connectivity index (χ0v) is 10.7. The Hall–Kier alpha value is -1.40. The number of benzene rings is 1. The van der Waals surface area contributed by atoms with Crippen LogP contribution in [0.2, 0.25) is 5.02 Å². The lowest BCUT2D eigenvalue weighted by atomic mass is 10.2. The third-order valence-electron chi connectivity index (χ3n) is 2.16. The summed E-state index contributed by atoms with van der Waals surface area (Å²) in [5.74, 6) is -1.16. The summed E-state index contributed by atoms with van der Waals surface area (Å²) in [7, 11) is 0. The second-order valence-corrected chi connectivity index (χ2v) is 4.65. The molecule has 0 aliphatic carbocycles. The minimum atomic E-state index is -0.755. The molecule has 17 heavy (non-hydrogen) atoms. The molecule has 7 heteroatoms. The van der Waals surface area contributed by atoms with Crippen molar-refractivity contribution in [3.8, 4) is 0 Å². The van der Waals surface area contributed by atoms with Crippen LogP contribution in [0.5, 0.6) is 0 Å². The summed E-state index contributed by atoms with van der Waals surface area (Å²) < 4.78 is 0.503. The molecule has 1 aliphatic rings. The number of anilines is 1. The maximum atomic E-state index is 11.6. The maximum Gasteiger partial charge on any atom is 0.335 e. The number of nitrogens with one attached hydrogen (secondary N) is 1. The first-order valence-electron chi connectivity index (χ1n) is 4.61. The van der Waals surface area contributed by atoms with Crippen LogP contribution in [-0.4, -0.2) is 17.8 Å². The molecular formula is C10H6BrClN2O3. The Morgan fingerprint density at radius 3 is 2.59 bits per heavy atom. The minimum Gasteiger partial charge on any atom is -0.277 e. The van der Waals surface area contributed by atoms with Gasteiger partial charge in [-0.25, -0.2) is 9.69 Å². The molecule has 0 atom stereocenters. The van der Waals surface area contributed by atoms with Gasteiger partial charge in [0.15, 0.2) is 0 Å². The second-order valence-electron chi connectivity index (χ2n) is 3.35. The van der Waals surface area contributed by atoms with Crippen molar-refractivity contribution >= 4 is 51.1 Å². The lowest BCUT2D eigenvalue weighted by molar-refractivity contribution is -0.128. The van der Waals surface area contributed by atoms with Crippen molar-refractivity contribution in [2.45, 2.75) is 6.42 Å². The highest BCUT2D eigenvalue weighted by Crippen LogP contribution is 2.30. The molecule has 2 rings (SSSR count). The molecule has 1 N–H and O–H groups in total. The fourth-order valence-corrected chi connectivity index (χ4v) is 2.32. The fraction of sp³-hybridized carbons (Fsp3) is 0.100. The van der Waals surface area contributed by atoms with Crippen LogP contribution in [0.25, 0.3) is 0 Å². The van der Waals surface area contributed by atoms with Gasteiger partial charge in [-0.15, -0.1) is 0 Å². The second kappa shape index (κ2) is 4.46. The van der Waals surface area contributed by atoms with Gasteiger partial charge in [0, 0.05) is 9.50 Å². The topological polar surface area (TPSA) is 66.5 Å². The standard InChI is InChI=1S/C10H6BrClN2O3/c11-6-3-5(12)1-2-7(6)14-9(16)4-8(15)13-10(14)17/h1-3H,4H2,(H,13,15,17). The number of nitrogens with zero attached hydrogens (tertiary/aromatic N) is 1. The molecule has 0 radical (unpaired) electrons. The first-order chi connectivity index (χ1) is 7.99. The SMILES string of the molecule is O=C1CC(=O)N(c2ccc(Cl)cc2Br)C(=O)N1. The van der Waals surface area contributed by atoms with Gasteiger partial charge >= 0.3 is 6.03 Å². The molecule has 1 aliphatic heterocycles. The Morgan fingerprint density at radius 2 is 2.00 bits per heavy atom. The summed E-state index contributed by atoms with van der Waals surface area (Å²) in [6.07, 6.45) is -0.346. The van der Waals surface area contributed by atoms with Gasteiger partial charge in [-0.2, -0.15) is 0 Å². The molecule has 1 heterocycles. The quantitative estimate of drug-likeness (QED) is 0.806. The van der Waals surface area contributed by atoms with Gasteiger partial charge in [-0.3, -0.25) is 14.9 Å². The normalized spacial score (nSPS) is 16.1. The lowest BCUT2D eigenvalue weighted by Crippen LogP contribution is -2.53. The Balaban J connectivity index is 2.42. The summed E-state index contributed by atoms with van der Waals surface area (Å²) in [5.41, 5.74) is 0.351. The molecule has 0 unspecified atom stereocenters. The van der Waals surface area contributed by atoms with Crippen molar-refractivity contribution in [1.82, 2.24) is 5.32 Å². The Bertz CT molecular complexity index is 512. The molecule has 1 saturated heterocycles. The fourth-order valence-electron chi connectivity index (χ4n) is 1.46. The zero-order chi connectivity index (χ0) is 12.6. The predicted octanol–water partition coefficient (Wildman–Crippen LogP) is 2.08. The van der Waals surface area contributed by atoms with Gasteiger partial charge in [0.1, 0.15) is 6.42 Å². The average Bonchev–Trinajstić information content (AvgIpc) is 2.19. The smallest absolute Gasteiger partial charge is 0.277 e. The number of halogens is 2. The van der Waals surface area contributed by atoms with Gasteiger partial charge in [0.05, 0.1) is 5.69 Å². The number of amides is 4. The van der Waals surface area contributed by atoms with E-state index in [0.29, 0.717) is 15.2 Å². The largest absolute Gasteiger partial charge is 0.335 e. The highest BCUT2D eigenvalue weighted by molar-refractivity contribution is 9.10. The summed E-state index contributed by atoms with van der Waals surface area (Å²) in [6, 6.07) is 3.89. The predicted molar refractivity (Wildman–Crippen MR) is 64.8 cm³/mol. The van der Waals surface area contributed by atoms with E-state index >= 15 is 0 Å². The number of barbiturate groups is 1. The van der Waals surface area contributed by atoms with Crippen LogP contribution in [0.4, 0.5) is 10.5 Å². The molecule has 0 spiro atoms. The molecule has 1 aromatic rings. The number of rotatable bonds is 1. The van der Waals surface area contributed by atoms with E-state index in [4.69, 9.17) is 11.6 Å². The molecule has 88 valence electrons. The average molecular weight is 318 g/mol. The Morgan fingerprint density at radius 1 is 1.29 bits per heavy atom. The van der Waals surface area contributed by atoms with E-state index in [1.54, 1.807) is 12.1 Å². The van der Waals surface area contributed by atoms with Crippen LogP contribution in [0.3, 0.4) is 0 Å². The monoisotopic (exact) mass is 316 g/mol. The first kappa shape index (κ1) is 12.1. The van der Waals surface area contributed by atoms with Gasteiger partial charge in [-0.1, -0.05) is 11.6 Å². The van der Waals surface area contributed by atoms with Crippen LogP contribution in [-0.2, 0) is 9.59 Å². The van der Waals surface area contributed by atoms with Gasteiger partial charge in [-0.05, 0) is 34.1 Å². The van der Waals surface area contributed by atoms with Crippen LogP contribution < -0.4 is 10.2 Å². The van der Waals surface area contributed by atoms with Gasteiger partial charge < -0.3 is 0 Å². The van der Waals surface area contributed by atoms with Crippen LogP contribution in [0, 0.1) is 0 Å². The summed E-state index contributed by atoms with van der Waals surface area (Å²) in [4.78, 5) is 35.1. The molecular weight excluding hydrogens is 311 g/mol. The zero-order valence-electron chi connectivity index (χ0n) is 8.37. The lowest BCUT2D eigenvalue weighted by Gasteiger charge is -2.25. The van der Waals surface area contributed by atoms with Crippen molar-refractivity contribution in [2.24, 2.45) is 0 Å². The van der Waals surface area contributed by atoms with Crippen molar-refractivity contribution < 1.29 is 14.4 Å². The van der Waals surface area contributed by atoms with E-state index in [1.807, 2.05) is 0 Å². The highest BCUT2D eigenvalue weighted by atomic mass is 79.9. The van der Waals surface area contributed by atoms with E-state index in [2.05, 4.69) is 21.2 Å². The number of hydrogen-bond acceptors (Lipinski definition) is 3. The molecule has 5 nitrogen and oxygen atoms in total. The summed E-state index contributed by atoms with van der Waals surface area (Å²) in [5, 5.41) is 2.55. The third-order valence-corrected chi connectivity index (χ3v) is 3.03. The first-order valence-corrected chi connectivity index (χ1v) is 5.78. The third kappa shape index (κ3) is 2.32. The van der Waals surface area contributed by atoms with Crippen LogP contribution in [0.15, 0.2) is 22.7 Å². The molecule has 1 aromatic carbocycles. The van der Waals surface area contributed by atoms with E-state index in [9.17, 15) is 14.4 Å². The Kier molecular flexibility index (Phi) is 3.17. The van der Waals surface area contributed by atoms with E-state index in [0.717, 1.165) is 4.90 Å². The summed E-state index contributed by atoms with van der Waals surface area (Å²) in [6.45, 7) is 0. The number of imide groups is 2. The number of hydrogen-bond donors (Lipinski definition) is 1. The van der Waals surface area contributed by atoms with E-state index in [-0.39, 0.29) is 6.42 Å². The number of carbonyl (C=O) groups is 3. The molecule has 0 aromatic heterocycles. The van der Waals surface area contributed by atoms with Crippen LogP contribution in [0.1, 0.15) is 6.42 Å². The van der Waals surface area contributed by atoms with Gasteiger partial charge in [0.2, 0.25) is 11.8 Å². The van der Waals surface area contributed by atoms with Gasteiger partial charge in [0.25, 0.3) is 0 Å². The molecule has 1 fully saturated rings. The van der Waals surface area contributed by atoms with E-state index < -0.39 is 17.8 Å². The highest BCUT2D eigenvalue weighted by Gasteiger charge is 2.32. The molecule has 0 saturated carbocycles. The maximum absolute atomic E-state index is 11.6. The Labute approximate surface area is 110 Å². The minimum absolute atomic E-state index is 0.346. The van der Waals surface area contributed by atoms with Crippen molar-refractivity contribution in [3.05, 3.63) is 27.7 Å². The van der Waals surface area contributed by atoms with Crippen molar-refractivity contribution in [3.63, 3.8) is 0 Å². The van der Waals surface area contributed by atoms with E-state index in [1.165, 1.54) is 6.07 Å². The number of urea groups is 1. The van der Waals surface area contributed by atoms with Crippen molar-refractivity contribution in [1.29, 1.82) is 0 Å². The number of carbonyl (C=O) groups excluding carboxylic acids is 3. The molecule has 4 amide bonds.